The van der Waals surface area contributed by atoms with Gasteiger partial charge in [-0.25, -0.2) is 9.37 Å². The number of hydrogen-bond acceptors (Lipinski definition) is 5. The smallest absolute Gasteiger partial charge is 0.274 e. The zero-order valence-electron chi connectivity index (χ0n) is 16.4. The molecule has 0 saturated heterocycles. The molecule has 1 aliphatic carbocycles. The highest BCUT2D eigenvalue weighted by Gasteiger charge is 2.27. The minimum absolute atomic E-state index is 0.0138. The quantitative estimate of drug-likeness (QED) is 0.482. The number of ether oxygens (including phenoxy) is 1. The van der Waals surface area contributed by atoms with E-state index in [9.17, 15) is 9.18 Å². The average Bonchev–Trinajstić information content (AvgIpc) is 3.24. The summed E-state index contributed by atoms with van der Waals surface area (Å²) in [4.78, 5) is 21.0. The fourth-order valence-corrected chi connectivity index (χ4v) is 4.68. The first-order valence-corrected chi connectivity index (χ1v) is 10.8. The molecule has 30 heavy (non-hydrogen) atoms. The van der Waals surface area contributed by atoms with Gasteiger partial charge in [-0.3, -0.25) is 9.78 Å². The minimum atomic E-state index is -0.333. The SMILES string of the molecule is COc1ccc(-c2ocnc2C(=O)NC2CCC[C@@H](c3cncc(F)c3)C2)cc1I. The van der Waals surface area contributed by atoms with Crippen molar-refractivity contribution in [3.63, 3.8) is 0 Å². The molecule has 2 aromatic heterocycles. The maximum Gasteiger partial charge on any atom is 0.274 e. The third-order valence-corrected chi connectivity index (χ3v) is 6.25. The van der Waals surface area contributed by atoms with Crippen molar-refractivity contribution in [2.45, 2.75) is 37.6 Å². The zero-order valence-corrected chi connectivity index (χ0v) is 18.6. The Morgan fingerprint density at radius 3 is 2.93 bits per heavy atom. The van der Waals surface area contributed by atoms with E-state index in [2.05, 4.69) is 37.9 Å². The van der Waals surface area contributed by atoms with Crippen molar-refractivity contribution in [1.29, 1.82) is 0 Å². The van der Waals surface area contributed by atoms with Gasteiger partial charge in [0.25, 0.3) is 5.91 Å². The molecule has 1 aromatic carbocycles. The number of aromatic nitrogens is 2. The largest absolute Gasteiger partial charge is 0.496 e. The van der Waals surface area contributed by atoms with Crippen molar-refractivity contribution in [1.82, 2.24) is 15.3 Å². The van der Waals surface area contributed by atoms with Gasteiger partial charge in [0.1, 0.15) is 11.6 Å². The molecule has 156 valence electrons. The van der Waals surface area contributed by atoms with Crippen LogP contribution < -0.4 is 10.1 Å². The summed E-state index contributed by atoms with van der Waals surface area (Å²) in [5.41, 5.74) is 1.89. The number of rotatable bonds is 5. The van der Waals surface area contributed by atoms with Crippen molar-refractivity contribution in [3.8, 4) is 17.1 Å². The molecule has 2 atom stereocenters. The first-order valence-electron chi connectivity index (χ1n) is 9.74. The molecule has 8 heteroatoms. The lowest BCUT2D eigenvalue weighted by molar-refractivity contribution is 0.0921. The monoisotopic (exact) mass is 521 g/mol. The number of benzene rings is 1. The van der Waals surface area contributed by atoms with E-state index in [1.165, 1.54) is 18.7 Å². The van der Waals surface area contributed by atoms with Gasteiger partial charge in [0.05, 0.1) is 16.9 Å². The molecule has 1 fully saturated rings. The molecule has 6 nitrogen and oxygen atoms in total. The van der Waals surface area contributed by atoms with Gasteiger partial charge >= 0.3 is 0 Å². The molecule has 1 amide bonds. The number of carbonyl (C=O) groups is 1. The lowest BCUT2D eigenvalue weighted by Gasteiger charge is -2.29. The van der Waals surface area contributed by atoms with Crippen LogP contribution in [0.3, 0.4) is 0 Å². The summed E-state index contributed by atoms with van der Waals surface area (Å²) < 4.78 is 25.3. The highest BCUT2D eigenvalue weighted by atomic mass is 127. The molecule has 4 rings (SSSR count). The van der Waals surface area contributed by atoms with Gasteiger partial charge in [0, 0.05) is 17.8 Å². The molecule has 1 unspecified atom stereocenters. The molecule has 0 spiro atoms. The highest BCUT2D eigenvalue weighted by Crippen LogP contribution is 2.34. The second kappa shape index (κ2) is 9.11. The molecule has 1 saturated carbocycles. The number of carbonyl (C=O) groups excluding carboxylic acids is 1. The Labute approximate surface area is 187 Å². The number of nitrogens with one attached hydrogen (secondary N) is 1. The Morgan fingerprint density at radius 2 is 2.17 bits per heavy atom. The second-order valence-corrected chi connectivity index (χ2v) is 8.51. The summed E-state index contributed by atoms with van der Waals surface area (Å²) in [5, 5.41) is 3.08. The van der Waals surface area contributed by atoms with Crippen LogP contribution in [0.4, 0.5) is 4.39 Å². The molecular formula is C22H21FIN3O3. The molecule has 0 aliphatic heterocycles. The molecular weight excluding hydrogens is 500 g/mol. The van der Waals surface area contributed by atoms with Crippen LogP contribution in [0.25, 0.3) is 11.3 Å². The van der Waals surface area contributed by atoms with E-state index < -0.39 is 0 Å². The summed E-state index contributed by atoms with van der Waals surface area (Å²) in [6, 6.07) is 7.08. The van der Waals surface area contributed by atoms with E-state index in [-0.39, 0.29) is 29.4 Å². The van der Waals surface area contributed by atoms with Crippen LogP contribution in [0, 0.1) is 9.39 Å². The fraction of sp³-hybridized carbons (Fsp3) is 0.318. The van der Waals surface area contributed by atoms with Gasteiger partial charge in [-0.2, -0.15) is 0 Å². The summed E-state index contributed by atoms with van der Waals surface area (Å²) in [6.45, 7) is 0. The van der Waals surface area contributed by atoms with E-state index in [1.807, 2.05) is 18.2 Å². The first kappa shape index (κ1) is 20.8. The van der Waals surface area contributed by atoms with Gasteiger partial charge in [0.15, 0.2) is 17.8 Å². The number of amides is 1. The normalized spacial score (nSPS) is 18.8. The van der Waals surface area contributed by atoms with Gasteiger partial charge in [-0.15, -0.1) is 0 Å². The van der Waals surface area contributed by atoms with E-state index in [1.54, 1.807) is 13.3 Å². The van der Waals surface area contributed by atoms with Crippen LogP contribution in [0.1, 0.15) is 47.7 Å². The average molecular weight is 521 g/mol. The lowest BCUT2D eigenvalue weighted by Crippen LogP contribution is -2.38. The van der Waals surface area contributed by atoms with Gasteiger partial charge in [-0.05, 0) is 77.6 Å². The molecule has 1 N–H and O–H groups in total. The van der Waals surface area contributed by atoms with Crippen LogP contribution in [0.2, 0.25) is 0 Å². The van der Waals surface area contributed by atoms with E-state index in [0.717, 1.165) is 46.1 Å². The van der Waals surface area contributed by atoms with E-state index >= 15 is 0 Å². The van der Waals surface area contributed by atoms with Crippen LogP contribution >= 0.6 is 22.6 Å². The predicted octanol–water partition coefficient (Wildman–Crippen LogP) is 4.95. The molecule has 0 bridgehead atoms. The predicted molar refractivity (Wildman–Crippen MR) is 118 cm³/mol. The maximum atomic E-state index is 13.5. The van der Waals surface area contributed by atoms with Crippen molar-refractivity contribution in [2.24, 2.45) is 0 Å². The van der Waals surface area contributed by atoms with Crippen LogP contribution in [0.15, 0.2) is 47.5 Å². The summed E-state index contributed by atoms with van der Waals surface area (Å²) in [5.74, 6) is 0.750. The van der Waals surface area contributed by atoms with Crippen LogP contribution in [-0.4, -0.2) is 29.0 Å². The minimum Gasteiger partial charge on any atom is -0.496 e. The van der Waals surface area contributed by atoms with Gasteiger partial charge in [-0.1, -0.05) is 6.42 Å². The number of pyridine rings is 1. The third-order valence-electron chi connectivity index (χ3n) is 5.40. The Balaban J connectivity index is 1.48. The number of hydrogen-bond donors (Lipinski definition) is 1. The number of halogens is 2. The third kappa shape index (κ3) is 4.48. The fourth-order valence-electron chi connectivity index (χ4n) is 3.95. The van der Waals surface area contributed by atoms with Gasteiger partial charge < -0.3 is 14.5 Å². The summed E-state index contributed by atoms with van der Waals surface area (Å²) in [6.07, 6.45) is 7.72. The highest BCUT2D eigenvalue weighted by molar-refractivity contribution is 14.1. The molecule has 1 aliphatic rings. The summed E-state index contributed by atoms with van der Waals surface area (Å²) >= 11 is 2.18. The molecule has 3 aromatic rings. The molecule has 2 heterocycles. The van der Waals surface area contributed by atoms with Crippen molar-refractivity contribution >= 4 is 28.5 Å². The van der Waals surface area contributed by atoms with Crippen molar-refractivity contribution in [3.05, 3.63) is 63.7 Å². The number of oxazole rings is 1. The topological polar surface area (TPSA) is 77.2 Å². The molecule has 0 radical (unpaired) electrons. The Bertz CT molecular complexity index is 1060. The van der Waals surface area contributed by atoms with Crippen LogP contribution in [0.5, 0.6) is 5.75 Å². The Morgan fingerprint density at radius 1 is 1.30 bits per heavy atom. The van der Waals surface area contributed by atoms with Gasteiger partial charge in [0.2, 0.25) is 0 Å². The standard InChI is InChI=1S/C22H21FIN3O3/c1-29-19-6-5-14(9-18(19)24)21-20(26-12-30-21)22(28)27-17-4-2-3-13(8-17)15-7-16(23)11-25-10-15/h5-7,9-13,17H,2-4,8H2,1H3,(H,27,28)/t13-,17?/m1/s1. The number of methoxy groups -OCH3 is 1. The van der Waals surface area contributed by atoms with E-state index in [4.69, 9.17) is 9.15 Å². The zero-order chi connectivity index (χ0) is 21.1. The second-order valence-electron chi connectivity index (χ2n) is 7.35. The maximum absolute atomic E-state index is 13.5. The van der Waals surface area contributed by atoms with Crippen molar-refractivity contribution < 1.29 is 18.3 Å². The Hall–Kier alpha value is -2.49. The van der Waals surface area contributed by atoms with E-state index in [0.29, 0.717) is 5.76 Å². The lowest BCUT2D eigenvalue weighted by atomic mass is 9.82. The van der Waals surface area contributed by atoms with Crippen molar-refractivity contribution in [2.75, 3.05) is 7.11 Å². The number of nitrogens with zero attached hydrogens (tertiary/aromatic N) is 2. The first-order chi connectivity index (χ1) is 14.5. The Kier molecular flexibility index (Phi) is 6.31. The summed E-state index contributed by atoms with van der Waals surface area (Å²) in [7, 11) is 1.61. The van der Waals surface area contributed by atoms with Crippen LogP contribution in [-0.2, 0) is 0 Å².